The summed E-state index contributed by atoms with van der Waals surface area (Å²) in [5.74, 6) is 0.716. The van der Waals surface area contributed by atoms with Crippen molar-refractivity contribution >= 4 is 11.8 Å². The fourth-order valence-corrected chi connectivity index (χ4v) is 5.04. The molecule has 0 radical (unpaired) electrons. The van der Waals surface area contributed by atoms with E-state index < -0.39 is 0 Å². The second kappa shape index (κ2) is 8.81. The molecule has 0 saturated carbocycles. The van der Waals surface area contributed by atoms with Crippen LogP contribution in [0, 0.1) is 0 Å². The Balaban J connectivity index is 1.14. The van der Waals surface area contributed by atoms with Gasteiger partial charge in [-0.3, -0.25) is 14.5 Å². The molecular formula is C25H30N4O2. The molecule has 3 fully saturated rings. The zero-order chi connectivity index (χ0) is 21.2. The van der Waals surface area contributed by atoms with Crippen LogP contribution in [0.5, 0.6) is 0 Å². The normalized spacial score (nSPS) is 22.4. The van der Waals surface area contributed by atoms with Crippen LogP contribution in [-0.2, 0) is 0 Å². The summed E-state index contributed by atoms with van der Waals surface area (Å²) in [6.07, 6.45) is 1.10. The molecule has 3 aliphatic heterocycles. The van der Waals surface area contributed by atoms with E-state index in [0.717, 1.165) is 69.9 Å². The number of nitrogens with one attached hydrogen (secondary N) is 1. The minimum atomic E-state index is 0.115. The Labute approximate surface area is 183 Å². The first kappa shape index (κ1) is 20.2. The van der Waals surface area contributed by atoms with Crippen molar-refractivity contribution in [1.82, 2.24) is 20.0 Å². The highest BCUT2D eigenvalue weighted by atomic mass is 16.2. The lowest BCUT2D eigenvalue weighted by Crippen LogP contribution is -2.64. The molecule has 2 aromatic rings. The van der Waals surface area contributed by atoms with Gasteiger partial charge in [0.2, 0.25) is 0 Å². The van der Waals surface area contributed by atoms with Crippen molar-refractivity contribution in [3.63, 3.8) is 0 Å². The molecule has 1 N–H and O–H groups in total. The summed E-state index contributed by atoms with van der Waals surface area (Å²) in [6, 6.07) is 18.0. The molecule has 3 aliphatic rings. The van der Waals surface area contributed by atoms with Gasteiger partial charge in [-0.25, -0.2) is 0 Å². The van der Waals surface area contributed by atoms with Gasteiger partial charge in [0.25, 0.3) is 11.8 Å². The minimum absolute atomic E-state index is 0.115. The maximum absolute atomic E-state index is 13.2. The van der Waals surface area contributed by atoms with Gasteiger partial charge in [-0.2, -0.15) is 0 Å². The Bertz CT molecular complexity index is 928. The summed E-state index contributed by atoms with van der Waals surface area (Å²) < 4.78 is 0. The van der Waals surface area contributed by atoms with Crippen molar-refractivity contribution < 1.29 is 9.59 Å². The number of carbonyl (C=O) groups excluding carboxylic acids is 2. The fourth-order valence-electron chi connectivity index (χ4n) is 5.04. The topological polar surface area (TPSA) is 55.9 Å². The Morgan fingerprint density at radius 3 is 2.23 bits per heavy atom. The van der Waals surface area contributed by atoms with Gasteiger partial charge >= 0.3 is 0 Å². The summed E-state index contributed by atoms with van der Waals surface area (Å²) in [4.78, 5) is 32.2. The Hall–Kier alpha value is -2.70. The van der Waals surface area contributed by atoms with E-state index in [1.165, 1.54) is 5.56 Å². The molecule has 2 amide bonds. The van der Waals surface area contributed by atoms with Gasteiger partial charge in [0.1, 0.15) is 0 Å². The first-order valence-electron chi connectivity index (χ1n) is 11.4. The van der Waals surface area contributed by atoms with Gasteiger partial charge in [0.05, 0.1) is 0 Å². The second-order valence-electron chi connectivity index (χ2n) is 8.84. The van der Waals surface area contributed by atoms with Crippen molar-refractivity contribution in [2.24, 2.45) is 0 Å². The van der Waals surface area contributed by atoms with Gasteiger partial charge in [0, 0.05) is 63.0 Å². The first-order chi connectivity index (χ1) is 15.2. The van der Waals surface area contributed by atoms with Gasteiger partial charge in [-0.1, -0.05) is 36.4 Å². The van der Waals surface area contributed by atoms with E-state index in [0.29, 0.717) is 12.0 Å². The number of hydrogen-bond donors (Lipinski definition) is 1. The molecule has 5 rings (SSSR count). The quantitative estimate of drug-likeness (QED) is 0.826. The monoisotopic (exact) mass is 418 g/mol. The van der Waals surface area contributed by atoms with Crippen LogP contribution in [0.15, 0.2) is 54.6 Å². The average Bonchev–Trinajstić information content (AvgIpc) is 3.33. The van der Waals surface area contributed by atoms with Crippen LogP contribution in [0.2, 0.25) is 0 Å². The Morgan fingerprint density at radius 2 is 1.52 bits per heavy atom. The molecular weight excluding hydrogens is 388 g/mol. The van der Waals surface area contributed by atoms with E-state index in [9.17, 15) is 9.59 Å². The highest BCUT2D eigenvalue weighted by Crippen LogP contribution is 2.28. The third-order valence-corrected chi connectivity index (χ3v) is 6.98. The zero-order valence-electron chi connectivity index (χ0n) is 17.9. The van der Waals surface area contributed by atoms with Gasteiger partial charge in [0.15, 0.2) is 0 Å². The van der Waals surface area contributed by atoms with E-state index in [1.54, 1.807) is 0 Å². The largest absolute Gasteiger partial charge is 0.336 e. The summed E-state index contributed by atoms with van der Waals surface area (Å²) in [6.45, 7) is 6.78. The summed E-state index contributed by atoms with van der Waals surface area (Å²) >= 11 is 0. The molecule has 0 bridgehead atoms. The van der Waals surface area contributed by atoms with Crippen LogP contribution in [-0.4, -0.2) is 84.9 Å². The molecule has 2 aromatic carbocycles. The lowest BCUT2D eigenvalue weighted by molar-refractivity contribution is 0.00846. The number of benzene rings is 2. The van der Waals surface area contributed by atoms with Crippen LogP contribution < -0.4 is 5.32 Å². The fraction of sp³-hybridized carbons (Fsp3) is 0.440. The maximum Gasteiger partial charge on any atom is 0.254 e. The molecule has 162 valence electrons. The molecule has 31 heavy (non-hydrogen) atoms. The lowest BCUT2D eigenvalue weighted by Gasteiger charge is -2.48. The van der Waals surface area contributed by atoms with Gasteiger partial charge in [-0.05, 0) is 42.6 Å². The smallest absolute Gasteiger partial charge is 0.254 e. The molecule has 3 saturated heterocycles. The second-order valence-corrected chi connectivity index (χ2v) is 8.84. The number of amides is 2. The SMILES string of the molecule is O=C(c1ccccc1)N1CCN(C2CN(C(=O)c3ccccc3[C@@H]3CCNC3)C2)CC1. The summed E-state index contributed by atoms with van der Waals surface area (Å²) in [5.41, 5.74) is 2.81. The molecule has 0 aromatic heterocycles. The van der Waals surface area contributed by atoms with Crippen LogP contribution in [0.4, 0.5) is 0 Å². The van der Waals surface area contributed by atoms with E-state index in [2.05, 4.69) is 16.3 Å². The highest BCUT2D eigenvalue weighted by molar-refractivity contribution is 5.96. The third-order valence-electron chi connectivity index (χ3n) is 6.98. The van der Waals surface area contributed by atoms with Crippen molar-refractivity contribution in [3.05, 3.63) is 71.3 Å². The third kappa shape index (κ3) is 4.10. The maximum atomic E-state index is 13.2. The minimum Gasteiger partial charge on any atom is -0.336 e. The number of likely N-dealkylation sites (tertiary alicyclic amines) is 1. The first-order valence-corrected chi connectivity index (χ1v) is 11.4. The number of piperazine rings is 1. The predicted molar refractivity (Wildman–Crippen MR) is 120 cm³/mol. The lowest BCUT2D eigenvalue weighted by atomic mass is 9.92. The van der Waals surface area contributed by atoms with Crippen molar-refractivity contribution in [3.8, 4) is 0 Å². The standard InChI is InChI=1S/C25H30N4O2/c30-24(19-6-2-1-3-7-19)28-14-12-27(13-15-28)21-17-29(18-21)25(31)23-9-5-4-8-22(23)20-10-11-26-16-20/h1-9,20-21,26H,10-18H2/t20-/m1/s1. The number of carbonyl (C=O) groups is 2. The van der Waals surface area contributed by atoms with Crippen molar-refractivity contribution in [2.45, 2.75) is 18.4 Å². The van der Waals surface area contributed by atoms with Gasteiger partial charge < -0.3 is 15.1 Å². The average molecular weight is 419 g/mol. The van der Waals surface area contributed by atoms with Crippen molar-refractivity contribution in [1.29, 1.82) is 0 Å². The molecule has 0 spiro atoms. The summed E-state index contributed by atoms with van der Waals surface area (Å²) in [7, 11) is 0. The van der Waals surface area contributed by atoms with Crippen molar-refractivity contribution in [2.75, 3.05) is 52.4 Å². The molecule has 1 atom stereocenters. The van der Waals surface area contributed by atoms with Crippen LogP contribution in [0.3, 0.4) is 0 Å². The number of nitrogens with zero attached hydrogens (tertiary/aromatic N) is 3. The van der Waals surface area contributed by atoms with Gasteiger partial charge in [-0.15, -0.1) is 0 Å². The van der Waals surface area contributed by atoms with E-state index in [-0.39, 0.29) is 11.8 Å². The predicted octanol–water partition coefficient (Wildman–Crippen LogP) is 2.05. The molecule has 0 aliphatic carbocycles. The Kier molecular flexibility index (Phi) is 5.74. The molecule has 0 unspecified atom stereocenters. The molecule has 6 heteroatoms. The summed E-state index contributed by atoms with van der Waals surface area (Å²) in [5, 5.41) is 3.41. The Morgan fingerprint density at radius 1 is 0.806 bits per heavy atom. The number of rotatable bonds is 4. The van der Waals surface area contributed by atoms with E-state index in [1.807, 2.05) is 58.3 Å². The van der Waals surface area contributed by atoms with Crippen LogP contribution >= 0.6 is 0 Å². The van der Waals surface area contributed by atoms with E-state index >= 15 is 0 Å². The molecule has 3 heterocycles. The van der Waals surface area contributed by atoms with Crippen LogP contribution in [0.25, 0.3) is 0 Å². The van der Waals surface area contributed by atoms with E-state index in [4.69, 9.17) is 0 Å². The van der Waals surface area contributed by atoms with Crippen LogP contribution in [0.1, 0.15) is 38.6 Å². The number of hydrogen-bond acceptors (Lipinski definition) is 4. The zero-order valence-corrected chi connectivity index (χ0v) is 17.9. The molecule has 6 nitrogen and oxygen atoms in total. The highest BCUT2D eigenvalue weighted by Gasteiger charge is 2.38.